The van der Waals surface area contributed by atoms with Gasteiger partial charge in [-0.2, -0.15) is 0 Å². The van der Waals surface area contributed by atoms with Crippen LogP contribution >= 0.6 is 34.7 Å². The van der Waals surface area contributed by atoms with E-state index in [0.717, 1.165) is 45.1 Å². The molecule has 0 aliphatic heterocycles. The van der Waals surface area contributed by atoms with Gasteiger partial charge in [0.15, 0.2) is 0 Å². The molecule has 47 heavy (non-hydrogen) atoms. The minimum Gasteiger partial charge on any atom is -0.496 e. The Bertz CT molecular complexity index is 1780. The Kier molecular flexibility index (Phi) is 10.7. The molecule has 1 saturated carbocycles. The number of thiophene rings is 1. The highest BCUT2D eigenvalue weighted by Crippen LogP contribution is 2.41. The Balaban J connectivity index is 1.51. The lowest BCUT2D eigenvalue weighted by Crippen LogP contribution is -2.47. The molecule has 11 heteroatoms. The van der Waals surface area contributed by atoms with Crippen LogP contribution in [0.1, 0.15) is 61.7 Å². The molecule has 1 aromatic heterocycles. The molecular formula is C36H39ClF2N2O4S2. The lowest BCUT2D eigenvalue weighted by molar-refractivity contribution is 0.0144. The van der Waals surface area contributed by atoms with Crippen LogP contribution in [0, 0.1) is 11.6 Å². The summed E-state index contributed by atoms with van der Waals surface area (Å²) in [6.45, 7) is 5.68. The van der Waals surface area contributed by atoms with Crippen LogP contribution in [-0.2, 0) is 11.3 Å². The van der Waals surface area contributed by atoms with Crippen molar-refractivity contribution in [1.29, 1.82) is 0 Å². The van der Waals surface area contributed by atoms with Crippen molar-refractivity contribution in [3.8, 4) is 16.9 Å². The quantitative estimate of drug-likeness (QED) is 0.171. The largest absolute Gasteiger partial charge is 0.496 e. The van der Waals surface area contributed by atoms with Crippen molar-refractivity contribution in [2.75, 3.05) is 20.4 Å². The number of hydrogen-bond acceptors (Lipinski definition) is 6. The summed E-state index contributed by atoms with van der Waals surface area (Å²) >= 11 is 9.15. The van der Waals surface area contributed by atoms with Gasteiger partial charge in [0.2, 0.25) is 0 Å². The number of amides is 2. The third kappa shape index (κ3) is 7.55. The molecule has 4 aromatic rings. The maximum atomic E-state index is 14.8. The number of halogens is 3. The third-order valence-electron chi connectivity index (χ3n) is 8.51. The third-order valence-corrected chi connectivity index (χ3v) is 11.0. The summed E-state index contributed by atoms with van der Waals surface area (Å²) in [6.07, 6.45) is 4.14. The fourth-order valence-electron chi connectivity index (χ4n) is 6.11. The van der Waals surface area contributed by atoms with Crippen LogP contribution in [0.2, 0.25) is 5.02 Å². The van der Waals surface area contributed by atoms with Gasteiger partial charge in [0, 0.05) is 36.1 Å². The van der Waals surface area contributed by atoms with E-state index in [1.165, 1.54) is 0 Å². The van der Waals surface area contributed by atoms with Crippen molar-refractivity contribution < 1.29 is 27.8 Å². The number of carbonyl (C=O) groups excluding carboxylic acids is 2. The highest BCUT2D eigenvalue weighted by molar-refractivity contribution is 7.98. The van der Waals surface area contributed by atoms with Crippen LogP contribution in [0.15, 0.2) is 59.5 Å². The van der Waals surface area contributed by atoms with E-state index >= 15 is 0 Å². The molecule has 1 aliphatic rings. The van der Waals surface area contributed by atoms with Gasteiger partial charge in [-0.3, -0.25) is 4.79 Å². The van der Waals surface area contributed by atoms with Crippen LogP contribution in [0.4, 0.5) is 13.6 Å². The predicted octanol–water partition coefficient (Wildman–Crippen LogP) is 10.1. The van der Waals surface area contributed by atoms with Crippen molar-refractivity contribution >= 4 is 56.8 Å². The zero-order valence-electron chi connectivity index (χ0n) is 27.4. The van der Waals surface area contributed by atoms with Gasteiger partial charge in [0.05, 0.1) is 22.2 Å². The normalized spacial score (nSPS) is 16.6. The van der Waals surface area contributed by atoms with E-state index in [4.69, 9.17) is 21.1 Å². The fraction of sp³-hybridized carbons (Fsp3) is 0.389. The highest BCUT2D eigenvalue weighted by Gasteiger charge is 2.35. The molecule has 5 rings (SSSR count). The molecule has 0 N–H and O–H groups in total. The zero-order valence-corrected chi connectivity index (χ0v) is 29.8. The van der Waals surface area contributed by atoms with Gasteiger partial charge in [-0.25, -0.2) is 13.6 Å². The number of thioether (sulfide) groups is 1. The summed E-state index contributed by atoms with van der Waals surface area (Å²) < 4.78 is 41.0. The van der Waals surface area contributed by atoms with Gasteiger partial charge in [-0.15, -0.1) is 23.1 Å². The second-order valence-corrected chi connectivity index (χ2v) is 14.9. The lowest BCUT2D eigenvalue weighted by Gasteiger charge is -2.40. The molecule has 1 aliphatic carbocycles. The van der Waals surface area contributed by atoms with Crippen molar-refractivity contribution in [2.45, 2.75) is 75.6 Å². The van der Waals surface area contributed by atoms with Crippen LogP contribution in [0.5, 0.6) is 5.75 Å². The summed E-state index contributed by atoms with van der Waals surface area (Å²) in [4.78, 5) is 31.9. The van der Waals surface area contributed by atoms with Crippen LogP contribution in [0.3, 0.4) is 0 Å². The molecule has 1 heterocycles. The molecule has 0 atom stereocenters. The highest BCUT2D eigenvalue weighted by atomic mass is 35.5. The van der Waals surface area contributed by atoms with Crippen LogP contribution < -0.4 is 4.74 Å². The number of hydrogen-bond donors (Lipinski definition) is 0. The average molecular weight is 701 g/mol. The Labute approximate surface area is 288 Å². The number of nitrogens with zero attached hydrogens (tertiary/aromatic N) is 2. The minimum absolute atomic E-state index is 0.00856. The van der Waals surface area contributed by atoms with E-state index in [-0.39, 0.29) is 44.7 Å². The van der Waals surface area contributed by atoms with Gasteiger partial charge < -0.3 is 19.3 Å². The maximum absolute atomic E-state index is 14.8. The van der Waals surface area contributed by atoms with E-state index in [0.29, 0.717) is 31.4 Å². The summed E-state index contributed by atoms with van der Waals surface area (Å²) in [6, 6.07) is 15.8. The molecule has 6 nitrogen and oxygen atoms in total. The Morgan fingerprint density at radius 1 is 1.00 bits per heavy atom. The van der Waals surface area contributed by atoms with E-state index in [1.807, 2.05) is 57.4 Å². The van der Waals surface area contributed by atoms with Gasteiger partial charge >= 0.3 is 6.09 Å². The number of carbonyl (C=O) groups is 2. The first-order valence-electron chi connectivity index (χ1n) is 15.5. The zero-order chi connectivity index (χ0) is 34.0. The lowest BCUT2D eigenvalue weighted by atomic mass is 9.89. The van der Waals surface area contributed by atoms with E-state index in [2.05, 4.69) is 12.1 Å². The minimum atomic E-state index is -0.680. The van der Waals surface area contributed by atoms with Gasteiger partial charge in [-0.05, 0) is 94.2 Å². The van der Waals surface area contributed by atoms with Crippen molar-refractivity contribution in [1.82, 2.24) is 9.80 Å². The Morgan fingerprint density at radius 3 is 2.30 bits per heavy atom. The number of fused-ring (bicyclic) bond motifs is 1. The molecule has 2 amide bonds. The first kappa shape index (κ1) is 35.0. The number of rotatable bonds is 8. The molecule has 3 aromatic carbocycles. The smallest absolute Gasteiger partial charge is 0.410 e. The molecular weight excluding hydrogens is 662 g/mol. The summed E-state index contributed by atoms with van der Waals surface area (Å²) in [7, 11) is 3.33. The second-order valence-electron chi connectivity index (χ2n) is 12.7. The van der Waals surface area contributed by atoms with Crippen molar-refractivity contribution in [3.05, 3.63) is 81.7 Å². The Hall–Kier alpha value is -3.34. The molecule has 1 fully saturated rings. The van der Waals surface area contributed by atoms with Crippen molar-refractivity contribution in [2.24, 2.45) is 0 Å². The van der Waals surface area contributed by atoms with Crippen LogP contribution in [0.25, 0.3) is 21.2 Å². The summed E-state index contributed by atoms with van der Waals surface area (Å²) in [5.74, 6) is -1.10. The first-order chi connectivity index (χ1) is 22.3. The first-order valence-corrected chi connectivity index (χ1v) is 17.9. The standard InChI is InChI=1S/C36H39ClF2N2O4S2/c1-36(2,3)45-35(43)40(4)23-12-14-24(15-13-23)41(34(42)33-31(37)30-26(38)16-17-27(39)32(30)47-33)20-22-19-21(11-18-28(22)44-5)25-9-7-8-10-29(25)46-6/h7-11,16-19,23-24H,12-15,20H2,1-6H3/t23-,24-. The van der Waals surface area contributed by atoms with Gasteiger partial charge in [-0.1, -0.05) is 35.9 Å². The second kappa shape index (κ2) is 14.4. The predicted molar refractivity (Wildman–Crippen MR) is 187 cm³/mol. The molecule has 0 radical (unpaired) electrons. The van der Waals surface area contributed by atoms with Crippen molar-refractivity contribution in [3.63, 3.8) is 0 Å². The molecule has 0 saturated heterocycles. The summed E-state index contributed by atoms with van der Waals surface area (Å²) in [5, 5.41) is -0.180. The Morgan fingerprint density at radius 2 is 1.66 bits per heavy atom. The van der Waals surface area contributed by atoms with Gasteiger partial charge in [0.1, 0.15) is 27.9 Å². The maximum Gasteiger partial charge on any atom is 0.410 e. The topological polar surface area (TPSA) is 59.1 Å². The number of methoxy groups -OCH3 is 1. The fourth-order valence-corrected chi connectivity index (χ4v) is 8.23. The van der Waals surface area contributed by atoms with Crippen LogP contribution in [-0.4, -0.2) is 59.9 Å². The average Bonchev–Trinajstić information content (AvgIpc) is 3.42. The summed E-state index contributed by atoms with van der Waals surface area (Å²) in [5.41, 5.74) is 2.21. The van der Waals surface area contributed by atoms with E-state index in [1.54, 1.807) is 35.7 Å². The number of ether oxygens (including phenoxy) is 2. The molecule has 0 unspecified atom stereocenters. The molecule has 0 spiro atoms. The van der Waals surface area contributed by atoms with E-state index in [9.17, 15) is 18.4 Å². The molecule has 250 valence electrons. The molecule has 0 bridgehead atoms. The van der Waals surface area contributed by atoms with E-state index < -0.39 is 23.1 Å². The SMILES string of the molecule is COc1ccc(-c2ccccc2SC)cc1CN(C(=O)c1sc2c(F)ccc(F)c2c1Cl)[C@H]1CC[C@H](N(C)C(=O)OC(C)(C)C)CC1. The monoisotopic (exact) mass is 700 g/mol. The number of benzene rings is 3. The van der Waals surface area contributed by atoms with Gasteiger partial charge in [0.25, 0.3) is 5.91 Å².